The van der Waals surface area contributed by atoms with Crippen LogP contribution in [0.15, 0.2) is 12.1 Å². The highest BCUT2D eigenvalue weighted by atomic mass is 19.2. The average molecular weight is 162 g/mol. The molecule has 0 fully saturated rings. The highest BCUT2D eigenvalue weighted by Gasteiger charge is 2.12. The lowest BCUT2D eigenvalue weighted by molar-refractivity contribution is -0.387. The molecule has 1 nitrogen and oxygen atoms in total. The van der Waals surface area contributed by atoms with Gasteiger partial charge in [0, 0.05) is 5.56 Å². The monoisotopic (exact) mass is 162 g/mol. The van der Waals surface area contributed by atoms with Gasteiger partial charge in [-0.05, 0) is 12.1 Å². The molecule has 3 N–H and O–H groups in total. The minimum absolute atomic E-state index is 0.0869. The molecule has 0 aliphatic rings. The van der Waals surface area contributed by atoms with E-state index in [1.807, 2.05) is 0 Å². The van der Waals surface area contributed by atoms with Crippen molar-refractivity contribution in [2.75, 3.05) is 0 Å². The highest BCUT2D eigenvalue weighted by Crippen LogP contribution is 2.13. The molecule has 0 aromatic heterocycles. The van der Waals surface area contributed by atoms with Crippen LogP contribution in [0.1, 0.15) is 5.56 Å². The zero-order valence-corrected chi connectivity index (χ0v) is 5.70. The normalized spacial score (nSPS) is 10.2. The second-order valence-corrected chi connectivity index (χ2v) is 2.08. The number of quaternary nitrogens is 1. The molecule has 0 saturated carbocycles. The van der Waals surface area contributed by atoms with E-state index in [0.29, 0.717) is 0 Å². The number of rotatable bonds is 1. The van der Waals surface area contributed by atoms with Crippen molar-refractivity contribution in [1.82, 2.24) is 0 Å². The first-order chi connectivity index (χ1) is 5.16. The first-order valence-corrected chi connectivity index (χ1v) is 3.08. The van der Waals surface area contributed by atoms with Crippen LogP contribution in [0, 0.1) is 17.5 Å². The number of hydrogen-bond acceptors (Lipinski definition) is 0. The summed E-state index contributed by atoms with van der Waals surface area (Å²) in [6.07, 6.45) is 0. The minimum atomic E-state index is -1.42. The van der Waals surface area contributed by atoms with Crippen molar-refractivity contribution in [3.8, 4) is 0 Å². The van der Waals surface area contributed by atoms with Crippen LogP contribution >= 0.6 is 0 Å². The fraction of sp³-hybridized carbons (Fsp3) is 0.143. The fourth-order valence-electron chi connectivity index (χ4n) is 0.759. The van der Waals surface area contributed by atoms with Crippen molar-refractivity contribution >= 4 is 0 Å². The molecule has 1 aromatic carbocycles. The van der Waals surface area contributed by atoms with Crippen LogP contribution in [-0.4, -0.2) is 0 Å². The lowest BCUT2D eigenvalue weighted by atomic mass is 10.2. The molecule has 0 heterocycles. The Morgan fingerprint density at radius 3 is 2.27 bits per heavy atom. The largest absolute Gasteiger partial charge is 0.354 e. The van der Waals surface area contributed by atoms with Crippen LogP contribution < -0.4 is 5.73 Å². The molecule has 0 unspecified atom stereocenters. The Morgan fingerprint density at radius 1 is 1.09 bits per heavy atom. The predicted octanol–water partition coefficient (Wildman–Crippen LogP) is 0.846. The van der Waals surface area contributed by atoms with Gasteiger partial charge in [-0.25, -0.2) is 13.2 Å². The summed E-state index contributed by atoms with van der Waals surface area (Å²) >= 11 is 0. The molecule has 4 heteroatoms. The summed E-state index contributed by atoms with van der Waals surface area (Å²) in [4.78, 5) is 0. The van der Waals surface area contributed by atoms with E-state index >= 15 is 0 Å². The molecule has 0 spiro atoms. The van der Waals surface area contributed by atoms with Crippen molar-refractivity contribution in [3.63, 3.8) is 0 Å². The third-order valence-electron chi connectivity index (χ3n) is 1.38. The van der Waals surface area contributed by atoms with Crippen molar-refractivity contribution in [2.24, 2.45) is 0 Å². The first kappa shape index (κ1) is 8.07. The molecule has 0 radical (unpaired) electrons. The van der Waals surface area contributed by atoms with Crippen LogP contribution in [0.5, 0.6) is 0 Å². The number of halogens is 3. The summed E-state index contributed by atoms with van der Waals surface area (Å²) in [5, 5.41) is 0. The maximum absolute atomic E-state index is 12.6. The van der Waals surface area contributed by atoms with E-state index in [4.69, 9.17) is 0 Å². The molecular formula is C7H7F3N+. The van der Waals surface area contributed by atoms with E-state index in [2.05, 4.69) is 5.73 Å². The van der Waals surface area contributed by atoms with E-state index in [-0.39, 0.29) is 12.1 Å². The van der Waals surface area contributed by atoms with Gasteiger partial charge in [0.05, 0.1) is 0 Å². The third-order valence-corrected chi connectivity index (χ3v) is 1.38. The summed E-state index contributed by atoms with van der Waals surface area (Å²) in [5.74, 6) is -3.73. The van der Waals surface area contributed by atoms with Crippen LogP contribution in [0.2, 0.25) is 0 Å². The molecule has 60 valence electrons. The molecule has 1 aromatic rings. The topological polar surface area (TPSA) is 27.6 Å². The Morgan fingerprint density at radius 2 is 1.73 bits per heavy atom. The van der Waals surface area contributed by atoms with E-state index in [0.717, 1.165) is 6.07 Å². The van der Waals surface area contributed by atoms with Crippen molar-refractivity contribution in [3.05, 3.63) is 35.1 Å². The van der Waals surface area contributed by atoms with Gasteiger partial charge < -0.3 is 5.73 Å². The van der Waals surface area contributed by atoms with Gasteiger partial charge in [0.15, 0.2) is 17.5 Å². The zero-order chi connectivity index (χ0) is 8.43. The zero-order valence-electron chi connectivity index (χ0n) is 5.70. The Kier molecular flexibility index (Phi) is 2.14. The highest BCUT2D eigenvalue weighted by molar-refractivity contribution is 5.19. The van der Waals surface area contributed by atoms with E-state index in [1.54, 1.807) is 0 Å². The predicted molar refractivity (Wildman–Crippen MR) is 32.9 cm³/mol. The molecule has 1 rings (SSSR count). The standard InChI is InChI=1S/C7H6F3N/c8-5-2-1-4(3-11)6(9)7(5)10/h1-2H,3,11H2/p+1. The van der Waals surface area contributed by atoms with Crippen molar-refractivity contribution in [1.29, 1.82) is 0 Å². The quantitative estimate of drug-likeness (QED) is 0.593. The molecule has 0 atom stereocenters. The molecular weight excluding hydrogens is 155 g/mol. The third kappa shape index (κ3) is 1.35. The Labute approximate surface area is 61.6 Å². The lowest BCUT2D eigenvalue weighted by Crippen LogP contribution is -2.47. The second-order valence-electron chi connectivity index (χ2n) is 2.08. The van der Waals surface area contributed by atoms with Crippen molar-refractivity contribution < 1.29 is 18.9 Å². The van der Waals surface area contributed by atoms with Crippen LogP contribution in [0.4, 0.5) is 13.2 Å². The molecule has 11 heavy (non-hydrogen) atoms. The average Bonchev–Trinajstić information content (AvgIpc) is 2.01. The minimum Gasteiger partial charge on any atom is -0.354 e. The van der Waals surface area contributed by atoms with Crippen molar-refractivity contribution in [2.45, 2.75) is 6.54 Å². The number of benzene rings is 1. The second kappa shape index (κ2) is 2.92. The summed E-state index contributed by atoms with van der Waals surface area (Å²) in [5.41, 5.74) is 3.45. The van der Waals surface area contributed by atoms with Gasteiger partial charge in [-0.1, -0.05) is 0 Å². The van der Waals surface area contributed by atoms with Crippen LogP contribution in [0.3, 0.4) is 0 Å². The SMILES string of the molecule is [NH3+]Cc1ccc(F)c(F)c1F. The summed E-state index contributed by atoms with van der Waals surface area (Å²) < 4.78 is 37.3. The maximum atomic E-state index is 12.6. The lowest BCUT2D eigenvalue weighted by Gasteiger charge is -1.98. The Bertz CT molecular complexity index is 273. The molecule has 0 bridgehead atoms. The van der Waals surface area contributed by atoms with Crippen LogP contribution in [-0.2, 0) is 6.54 Å². The van der Waals surface area contributed by atoms with Gasteiger partial charge in [0.25, 0.3) is 0 Å². The fourth-order valence-corrected chi connectivity index (χ4v) is 0.759. The van der Waals surface area contributed by atoms with E-state index in [9.17, 15) is 13.2 Å². The van der Waals surface area contributed by atoms with Gasteiger partial charge in [0.2, 0.25) is 0 Å². The molecule has 0 saturated heterocycles. The first-order valence-electron chi connectivity index (χ1n) is 3.08. The van der Waals surface area contributed by atoms with Gasteiger partial charge in [-0.15, -0.1) is 0 Å². The van der Waals surface area contributed by atoms with Gasteiger partial charge >= 0.3 is 0 Å². The Balaban J connectivity index is 3.25. The van der Waals surface area contributed by atoms with Crippen LogP contribution in [0.25, 0.3) is 0 Å². The van der Waals surface area contributed by atoms with E-state index < -0.39 is 17.5 Å². The summed E-state index contributed by atoms with van der Waals surface area (Å²) in [6, 6.07) is 2.07. The van der Waals surface area contributed by atoms with Gasteiger partial charge in [-0.3, -0.25) is 0 Å². The Hall–Kier alpha value is -1.03. The smallest absolute Gasteiger partial charge is 0.194 e. The maximum Gasteiger partial charge on any atom is 0.194 e. The molecule has 0 aliphatic heterocycles. The van der Waals surface area contributed by atoms with E-state index in [1.165, 1.54) is 6.07 Å². The van der Waals surface area contributed by atoms with Gasteiger partial charge in [0.1, 0.15) is 6.54 Å². The van der Waals surface area contributed by atoms with Gasteiger partial charge in [-0.2, -0.15) is 0 Å². The molecule has 0 aliphatic carbocycles. The number of hydrogen-bond donors (Lipinski definition) is 1. The summed E-state index contributed by atoms with van der Waals surface area (Å²) in [6.45, 7) is 0.114. The molecule has 0 amide bonds. The summed E-state index contributed by atoms with van der Waals surface area (Å²) in [7, 11) is 0.